The van der Waals surface area contributed by atoms with Crippen molar-refractivity contribution in [1.82, 2.24) is 14.7 Å². The Morgan fingerprint density at radius 1 is 1.38 bits per heavy atom. The molecule has 0 amide bonds. The molecule has 1 atom stereocenters. The molecule has 0 N–H and O–H groups in total. The Labute approximate surface area is 126 Å². The molecule has 6 nitrogen and oxygen atoms in total. The number of hydrogen-bond donors (Lipinski definition) is 0. The molecule has 1 unspecified atom stereocenters. The molecule has 1 saturated heterocycles. The summed E-state index contributed by atoms with van der Waals surface area (Å²) < 4.78 is 12.4. The lowest BCUT2D eigenvalue weighted by atomic mass is 10.0. The van der Waals surface area contributed by atoms with Crippen LogP contribution in [0.15, 0.2) is 0 Å². The van der Waals surface area contributed by atoms with Crippen LogP contribution in [0.5, 0.6) is 5.88 Å². The zero-order chi connectivity index (χ0) is 15.4. The van der Waals surface area contributed by atoms with Gasteiger partial charge < -0.3 is 9.47 Å². The van der Waals surface area contributed by atoms with Crippen molar-refractivity contribution in [3.05, 3.63) is 11.3 Å². The topological polar surface area (TPSA) is 56.6 Å². The maximum Gasteiger partial charge on any atom is 0.307 e. The van der Waals surface area contributed by atoms with E-state index in [4.69, 9.17) is 9.47 Å². The molecule has 1 aromatic rings. The van der Waals surface area contributed by atoms with E-state index in [1.807, 2.05) is 20.9 Å². The second-order valence-electron chi connectivity index (χ2n) is 5.40. The quantitative estimate of drug-likeness (QED) is 0.749. The summed E-state index contributed by atoms with van der Waals surface area (Å²) in [6, 6.07) is -0.0183. The number of hydrogen-bond acceptors (Lipinski definition) is 5. The first-order valence-electron chi connectivity index (χ1n) is 7.55. The van der Waals surface area contributed by atoms with E-state index in [-0.39, 0.29) is 12.0 Å². The minimum atomic E-state index is -0.167. The molecule has 118 valence electrons. The fourth-order valence-electron chi connectivity index (χ4n) is 3.12. The van der Waals surface area contributed by atoms with Gasteiger partial charge in [0, 0.05) is 7.05 Å². The van der Waals surface area contributed by atoms with Crippen LogP contribution < -0.4 is 4.74 Å². The molecule has 1 fully saturated rings. The number of esters is 1. The van der Waals surface area contributed by atoms with Gasteiger partial charge in [-0.15, -0.1) is 0 Å². The fourth-order valence-corrected chi connectivity index (χ4v) is 3.12. The normalized spacial score (nSPS) is 17.0. The van der Waals surface area contributed by atoms with Gasteiger partial charge in [0.25, 0.3) is 0 Å². The van der Waals surface area contributed by atoms with E-state index in [0.717, 1.165) is 30.2 Å². The number of carbonyl (C=O) groups is 1. The number of aryl methyl sites for hydroxylation is 2. The van der Waals surface area contributed by atoms with Gasteiger partial charge in [0.2, 0.25) is 5.88 Å². The molecule has 6 heteroatoms. The Balaban J connectivity index is 2.32. The molecular weight excluding hydrogens is 270 g/mol. The number of methoxy groups -OCH3 is 1. The Kier molecular flexibility index (Phi) is 5.22. The molecule has 0 radical (unpaired) electrons. The minimum absolute atomic E-state index is 0.0183. The average molecular weight is 295 g/mol. The maximum atomic E-state index is 12.0. The van der Waals surface area contributed by atoms with Crippen LogP contribution in [-0.4, -0.2) is 47.5 Å². The zero-order valence-corrected chi connectivity index (χ0v) is 13.4. The van der Waals surface area contributed by atoms with E-state index >= 15 is 0 Å². The van der Waals surface area contributed by atoms with E-state index < -0.39 is 0 Å². The van der Waals surface area contributed by atoms with Crippen molar-refractivity contribution in [3.8, 4) is 5.88 Å². The Hall–Kier alpha value is -1.56. The van der Waals surface area contributed by atoms with Gasteiger partial charge in [0.15, 0.2) is 0 Å². The van der Waals surface area contributed by atoms with Gasteiger partial charge in [-0.25, -0.2) is 4.68 Å². The van der Waals surface area contributed by atoms with Crippen LogP contribution in [0.25, 0.3) is 0 Å². The predicted molar refractivity (Wildman–Crippen MR) is 79.3 cm³/mol. The van der Waals surface area contributed by atoms with Crippen LogP contribution in [-0.2, 0) is 16.6 Å². The lowest BCUT2D eigenvalue weighted by Gasteiger charge is -2.27. The summed E-state index contributed by atoms with van der Waals surface area (Å²) in [5, 5.41) is 4.44. The zero-order valence-electron chi connectivity index (χ0n) is 13.4. The van der Waals surface area contributed by atoms with Crippen LogP contribution in [0, 0.1) is 6.92 Å². The Morgan fingerprint density at radius 2 is 2.05 bits per heavy atom. The van der Waals surface area contributed by atoms with Crippen molar-refractivity contribution in [2.45, 2.75) is 39.2 Å². The van der Waals surface area contributed by atoms with Gasteiger partial charge in [-0.2, -0.15) is 5.10 Å². The van der Waals surface area contributed by atoms with Crippen molar-refractivity contribution < 1.29 is 14.3 Å². The number of likely N-dealkylation sites (tertiary alicyclic amines) is 1. The van der Waals surface area contributed by atoms with Crippen LogP contribution in [0.2, 0.25) is 0 Å². The highest BCUT2D eigenvalue weighted by Crippen LogP contribution is 2.36. The van der Waals surface area contributed by atoms with Crippen LogP contribution in [0.3, 0.4) is 0 Å². The smallest absolute Gasteiger partial charge is 0.307 e. The molecule has 2 heterocycles. The average Bonchev–Trinajstić information content (AvgIpc) is 3.04. The molecular formula is C15H25N3O3. The standard InChI is InChI=1S/C15H25N3O3/c1-5-21-13(19)10-12(18-8-6-7-9-18)14-11(2)16-17(3)15(14)20-4/h12H,5-10H2,1-4H3. The van der Waals surface area contributed by atoms with Gasteiger partial charge in [0.1, 0.15) is 0 Å². The molecule has 21 heavy (non-hydrogen) atoms. The predicted octanol–water partition coefficient (Wildman–Crippen LogP) is 1.83. The van der Waals surface area contributed by atoms with E-state index in [2.05, 4.69) is 10.00 Å². The molecule has 1 aliphatic rings. The molecule has 0 aliphatic carbocycles. The highest BCUT2D eigenvalue weighted by Gasteiger charge is 2.32. The monoisotopic (exact) mass is 295 g/mol. The first-order valence-corrected chi connectivity index (χ1v) is 7.55. The summed E-state index contributed by atoms with van der Waals surface area (Å²) in [7, 11) is 3.51. The molecule has 0 aromatic carbocycles. The molecule has 0 bridgehead atoms. The van der Waals surface area contributed by atoms with Gasteiger partial charge in [0.05, 0.1) is 37.4 Å². The van der Waals surface area contributed by atoms with Gasteiger partial charge in [-0.05, 0) is 39.8 Å². The summed E-state index contributed by atoms with van der Waals surface area (Å²) in [6.45, 7) is 6.21. The first-order chi connectivity index (χ1) is 10.1. The third-order valence-electron chi connectivity index (χ3n) is 3.99. The van der Waals surface area contributed by atoms with Crippen molar-refractivity contribution >= 4 is 5.97 Å². The third kappa shape index (κ3) is 3.37. The molecule has 0 saturated carbocycles. The highest BCUT2D eigenvalue weighted by molar-refractivity contribution is 5.70. The van der Waals surface area contributed by atoms with E-state index in [0.29, 0.717) is 13.0 Å². The first kappa shape index (κ1) is 15.8. The second kappa shape index (κ2) is 6.93. The Morgan fingerprint density at radius 3 is 2.62 bits per heavy atom. The Bertz CT molecular complexity index is 493. The second-order valence-corrected chi connectivity index (χ2v) is 5.40. The minimum Gasteiger partial charge on any atom is -0.481 e. The van der Waals surface area contributed by atoms with Crippen molar-refractivity contribution in [3.63, 3.8) is 0 Å². The number of carbonyl (C=O) groups excluding carboxylic acids is 1. The summed E-state index contributed by atoms with van der Waals surface area (Å²) in [4.78, 5) is 14.3. The molecule has 1 aromatic heterocycles. The summed E-state index contributed by atoms with van der Waals surface area (Å²) >= 11 is 0. The lowest BCUT2D eigenvalue weighted by molar-refractivity contribution is -0.144. The van der Waals surface area contributed by atoms with E-state index in [9.17, 15) is 4.79 Å². The largest absolute Gasteiger partial charge is 0.481 e. The van der Waals surface area contributed by atoms with Gasteiger partial charge in [-0.1, -0.05) is 0 Å². The molecule has 0 spiro atoms. The number of aromatic nitrogens is 2. The van der Waals surface area contributed by atoms with E-state index in [1.54, 1.807) is 11.8 Å². The SMILES string of the molecule is CCOC(=O)CC(c1c(C)nn(C)c1OC)N1CCCC1. The number of ether oxygens (including phenoxy) is 2. The molecule has 2 rings (SSSR count). The number of nitrogens with zero attached hydrogens (tertiary/aromatic N) is 3. The van der Waals surface area contributed by atoms with Gasteiger partial charge >= 0.3 is 5.97 Å². The summed E-state index contributed by atoms with van der Waals surface area (Å²) in [5.74, 6) is 0.563. The van der Waals surface area contributed by atoms with Crippen molar-refractivity contribution in [1.29, 1.82) is 0 Å². The summed E-state index contributed by atoms with van der Waals surface area (Å²) in [6.07, 6.45) is 2.68. The lowest BCUT2D eigenvalue weighted by Crippen LogP contribution is -2.29. The van der Waals surface area contributed by atoms with E-state index in [1.165, 1.54) is 12.8 Å². The van der Waals surface area contributed by atoms with Crippen LogP contribution in [0.1, 0.15) is 43.5 Å². The maximum absolute atomic E-state index is 12.0. The van der Waals surface area contributed by atoms with Crippen LogP contribution >= 0.6 is 0 Å². The number of rotatable bonds is 6. The molecule has 1 aliphatic heterocycles. The van der Waals surface area contributed by atoms with Gasteiger partial charge in [-0.3, -0.25) is 9.69 Å². The van der Waals surface area contributed by atoms with Crippen molar-refractivity contribution in [2.24, 2.45) is 7.05 Å². The van der Waals surface area contributed by atoms with Crippen LogP contribution in [0.4, 0.5) is 0 Å². The summed E-state index contributed by atoms with van der Waals surface area (Å²) in [5.41, 5.74) is 1.92. The highest BCUT2D eigenvalue weighted by atomic mass is 16.5. The third-order valence-corrected chi connectivity index (χ3v) is 3.99. The fraction of sp³-hybridized carbons (Fsp3) is 0.733. The van der Waals surface area contributed by atoms with Crippen molar-refractivity contribution in [2.75, 3.05) is 26.8 Å².